The van der Waals surface area contributed by atoms with Crippen molar-refractivity contribution in [2.75, 3.05) is 22.9 Å². The van der Waals surface area contributed by atoms with Gasteiger partial charge < -0.3 is 46.2 Å². The van der Waals surface area contributed by atoms with E-state index in [0.29, 0.717) is 46.9 Å². The fraction of sp³-hybridized carbons (Fsp3) is 0.310. The largest absolute Gasteiger partial charge is 0.382 e. The summed E-state index contributed by atoms with van der Waals surface area (Å²) in [5, 5.41) is 6.21. The highest BCUT2D eigenvalue weighted by Crippen LogP contribution is 2.43. The van der Waals surface area contributed by atoms with Crippen molar-refractivity contribution in [2.24, 2.45) is 21.1 Å². The Hall–Kier alpha value is -13.2. The van der Waals surface area contributed by atoms with Crippen molar-refractivity contribution in [1.29, 1.82) is 0 Å². The summed E-state index contributed by atoms with van der Waals surface area (Å²) >= 11 is 0. The van der Waals surface area contributed by atoms with Gasteiger partial charge in [-0.25, -0.2) is 44.9 Å². The van der Waals surface area contributed by atoms with Gasteiger partial charge >= 0.3 is 0 Å². The molecule has 11 heterocycles. The molecule has 21 rings (SSSR count). The Morgan fingerprint density at radius 3 is 0.868 bits per heavy atom. The minimum atomic E-state index is 0.430. The summed E-state index contributed by atoms with van der Waals surface area (Å²) < 4.78 is 8.26. The van der Waals surface area contributed by atoms with E-state index in [9.17, 15) is 0 Å². The Kier molecular flexibility index (Phi) is 39.2. The maximum atomic E-state index is 6.22. The number of rotatable bonds is 5. The van der Waals surface area contributed by atoms with Gasteiger partial charge in [0.25, 0.3) is 0 Å². The Morgan fingerprint density at radius 1 is 0.298 bits per heavy atom. The van der Waals surface area contributed by atoms with Gasteiger partial charge in [0.1, 0.15) is 47.4 Å². The standard InChI is InChI=1S/C21H18N4.3C16H16N4.C7H6N2.C5H5N.C3H4N2.8C2H6/c22-21-20-19(23-13-24-21)18(12-25(20)17-8-2-1-3-9-17)16-10-14-6-4-5-7-15(14)11-16;3*1-20-8-13(14-15(20)16(17)19-9-18-14)12-6-10-4-2-3-5-11(10)7-12;1-2-4-7-6(3-1)8-5-9-7;1-2-4-6-5-3-1;1-2-4-5-3-1;8*1-2/h1-9,12-13,16H,10-11H2,(H2,22,23,24);3*2-5,8-9,12H,6-7H2,1H3,(H2,17,18,19);1-5H,(H,8,9);1-5H;1-3H,(H,4,5);8*1-2H3. The maximum absolute atomic E-state index is 6.22. The van der Waals surface area contributed by atoms with Gasteiger partial charge in [-0.2, -0.15) is 5.10 Å². The summed E-state index contributed by atoms with van der Waals surface area (Å²) in [6.45, 7) is 32.0. The summed E-state index contributed by atoms with van der Waals surface area (Å²) in [5.74, 6) is 4.09. The van der Waals surface area contributed by atoms with Gasteiger partial charge in [0.2, 0.25) is 0 Å². The van der Waals surface area contributed by atoms with Crippen LogP contribution in [0.3, 0.4) is 0 Å². The van der Waals surface area contributed by atoms with Crippen molar-refractivity contribution in [3.8, 4) is 5.69 Å². The molecule has 0 atom stereocenters. The van der Waals surface area contributed by atoms with E-state index in [0.717, 1.165) is 112 Å². The lowest BCUT2D eigenvalue weighted by atomic mass is 9.98. The second-order valence-corrected chi connectivity index (χ2v) is 26.9. The number of anilines is 4. The lowest BCUT2D eigenvalue weighted by Crippen LogP contribution is -1.99. The zero-order valence-corrected chi connectivity index (χ0v) is 74.7. The molecule has 4 aliphatic rings. The van der Waals surface area contributed by atoms with E-state index in [1.54, 1.807) is 56.4 Å². The Morgan fingerprint density at radius 2 is 0.587 bits per heavy atom. The number of hydrogen-bond donors (Lipinski definition) is 6. The minimum Gasteiger partial charge on any atom is -0.382 e. The number of nitrogens with zero attached hydrogens (tertiary/aromatic N) is 15. The number of H-pyrrole nitrogens is 2. The van der Waals surface area contributed by atoms with Crippen LogP contribution >= 0.6 is 0 Å². The van der Waals surface area contributed by atoms with Crippen LogP contribution in [0.4, 0.5) is 23.3 Å². The molecular weight excluding hydrogens is 1500 g/mol. The van der Waals surface area contributed by atoms with Crippen LogP contribution in [0.25, 0.3) is 60.9 Å². The van der Waals surface area contributed by atoms with E-state index < -0.39 is 0 Å². The average Bonchev–Trinajstić information content (AvgIpc) is 1.60. The van der Waals surface area contributed by atoms with E-state index in [-0.39, 0.29) is 0 Å². The van der Waals surface area contributed by atoms with Crippen LogP contribution in [0, 0.1) is 0 Å². The van der Waals surface area contributed by atoms with Crippen LogP contribution in [-0.2, 0) is 72.5 Å². The predicted molar refractivity (Wildman–Crippen MR) is 508 cm³/mol. The first-order valence-corrected chi connectivity index (χ1v) is 43.3. The molecule has 0 saturated carbocycles. The topological polar surface area (TPSA) is 297 Å². The van der Waals surface area contributed by atoms with Crippen LogP contribution in [0.1, 0.15) is 201 Å². The monoisotopic (exact) mass is 1620 g/mol. The summed E-state index contributed by atoms with van der Waals surface area (Å²) in [6.07, 6.45) is 32.2. The van der Waals surface area contributed by atoms with Gasteiger partial charge in [-0.15, -0.1) is 0 Å². The number of hydrogen-bond acceptors (Lipinski definition) is 15. The van der Waals surface area contributed by atoms with Gasteiger partial charge in [-0.1, -0.05) is 244 Å². The average molecular weight is 1630 g/mol. The number of nitrogens with two attached hydrogens (primary N) is 4. The number of fused-ring (bicyclic) bond motifs is 9. The molecule has 21 nitrogen and oxygen atoms in total. The third-order valence-electron chi connectivity index (χ3n) is 20.4. The number of pyridine rings is 1. The molecule has 0 spiro atoms. The molecule has 0 unspecified atom stereocenters. The highest BCUT2D eigenvalue weighted by atomic mass is 15.1. The predicted octanol–water partition coefficient (Wildman–Crippen LogP) is 22.4. The minimum absolute atomic E-state index is 0.430. The molecular formula is C100H129N21. The van der Waals surface area contributed by atoms with Crippen LogP contribution in [0.5, 0.6) is 0 Å². The number of aryl methyl sites for hydroxylation is 3. The number of aromatic amines is 2. The fourth-order valence-corrected chi connectivity index (χ4v) is 15.5. The van der Waals surface area contributed by atoms with E-state index in [2.05, 4.69) is 204 Å². The lowest BCUT2D eigenvalue weighted by molar-refractivity contribution is 0.741. The number of nitrogens with one attached hydrogen (secondary N) is 2. The molecule has 6 aromatic carbocycles. The third kappa shape index (κ3) is 23.6. The smallest absolute Gasteiger partial charge is 0.151 e. The number of para-hydroxylation sites is 3. The Bertz CT molecular complexity index is 5300. The second-order valence-electron chi connectivity index (χ2n) is 26.9. The Labute approximate surface area is 717 Å². The molecule has 121 heavy (non-hydrogen) atoms. The highest BCUT2D eigenvalue weighted by molar-refractivity contribution is 5.92. The molecule has 0 saturated heterocycles. The number of benzene rings is 6. The zero-order chi connectivity index (χ0) is 87.8. The quantitative estimate of drug-likeness (QED) is 0.0933. The van der Waals surface area contributed by atoms with Crippen molar-refractivity contribution in [3.63, 3.8) is 0 Å². The molecule has 0 fully saturated rings. The normalized spacial score (nSPS) is 12.2. The first-order valence-electron chi connectivity index (χ1n) is 43.3. The molecule has 11 aromatic heterocycles. The molecule has 10 N–H and O–H groups in total. The fourth-order valence-electron chi connectivity index (χ4n) is 15.5. The summed E-state index contributed by atoms with van der Waals surface area (Å²) in [7, 11) is 6.02. The van der Waals surface area contributed by atoms with E-state index in [1.165, 1.54) is 66.8 Å². The van der Waals surface area contributed by atoms with Crippen LogP contribution in [-0.4, -0.2) is 83.3 Å². The van der Waals surface area contributed by atoms with Gasteiger partial charge in [0, 0.05) is 98.7 Å². The second kappa shape index (κ2) is 49.9. The number of aromatic nitrogens is 17. The van der Waals surface area contributed by atoms with Gasteiger partial charge in [0.05, 0.1) is 39.4 Å². The van der Waals surface area contributed by atoms with Crippen molar-refractivity contribution >= 4 is 78.4 Å². The maximum Gasteiger partial charge on any atom is 0.151 e. The van der Waals surface area contributed by atoms with Gasteiger partial charge in [-0.05, 0) is 162 Å². The summed E-state index contributed by atoms with van der Waals surface area (Å²) in [6, 6.07) is 60.5. The van der Waals surface area contributed by atoms with E-state index in [4.69, 9.17) is 22.9 Å². The Balaban J connectivity index is 0.000000196. The zero-order valence-electron chi connectivity index (χ0n) is 74.7. The first kappa shape index (κ1) is 95.0. The molecule has 21 heteroatoms. The summed E-state index contributed by atoms with van der Waals surface area (Å²) in [4.78, 5) is 45.3. The van der Waals surface area contributed by atoms with Crippen molar-refractivity contribution in [1.82, 2.24) is 83.3 Å². The first-order chi connectivity index (χ1) is 59.5. The molecule has 0 radical (unpaired) electrons. The van der Waals surface area contributed by atoms with Crippen LogP contribution < -0.4 is 22.9 Å². The number of nitrogen functional groups attached to an aromatic ring is 4. The SMILES string of the molecule is CC.CC.CC.CC.CC.CC.CC.CC.Cn1cc(C2Cc3ccccc3C2)c2ncnc(N)c21.Cn1cc(C2Cc3ccccc3C2)c2ncnc(N)c21.Cn1cc(C2Cc3ccccc3C2)c2ncnc(N)c21.Nc1ncnc2c(C3Cc4ccccc4C3)cn(-c3ccccc3)c12.c1ccc2[nH]cnc2c1.c1ccncc1.c1cn[nH]c1. The third-order valence-corrected chi connectivity index (χ3v) is 20.4. The lowest BCUT2D eigenvalue weighted by Gasteiger charge is -2.06. The molecule has 4 aliphatic carbocycles. The van der Waals surface area contributed by atoms with E-state index >= 15 is 0 Å². The van der Waals surface area contributed by atoms with Crippen molar-refractivity contribution < 1.29 is 0 Å². The van der Waals surface area contributed by atoms with Crippen molar-refractivity contribution in [3.05, 3.63) is 324 Å². The highest BCUT2D eigenvalue weighted by Gasteiger charge is 2.31. The molecule has 17 aromatic rings. The molecule has 0 aliphatic heterocycles. The van der Waals surface area contributed by atoms with Crippen molar-refractivity contribution in [2.45, 2.75) is 186 Å². The number of imidazole rings is 1. The molecule has 0 amide bonds. The van der Waals surface area contributed by atoms with E-state index in [1.807, 2.05) is 212 Å². The molecule has 634 valence electrons. The van der Waals surface area contributed by atoms with Crippen LogP contribution in [0.2, 0.25) is 0 Å². The molecule has 0 bridgehead atoms. The van der Waals surface area contributed by atoms with Gasteiger partial charge in [0.15, 0.2) is 23.3 Å². The van der Waals surface area contributed by atoms with Crippen LogP contribution in [0.15, 0.2) is 257 Å². The summed E-state index contributed by atoms with van der Waals surface area (Å²) in [5.41, 5.74) is 51.8. The van der Waals surface area contributed by atoms with Gasteiger partial charge in [-0.3, -0.25) is 10.1 Å².